The second-order valence-corrected chi connectivity index (χ2v) is 3.59. The Morgan fingerprint density at radius 1 is 1.43 bits per heavy atom. The Kier molecular flexibility index (Phi) is 4.47. The molecule has 14 heavy (non-hydrogen) atoms. The maximum Gasteiger partial charge on any atom is 0.119 e. The van der Waals surface area contributed by atoms with Crippen molar-refractivity contribution < 1.29 is 4.74 Å². The zero-order chi connectivity index (χ0) is 10.4. The molecule has 0 aromatic heterocycles. The largest absolute Gasteiger partial charge is 0.492 e. The summed E-state index contributed by atoms with van der Waals surface area (Å²) in [6.45, 7) is 8.00. The summed E-state index contributed by atoms with van der Waals surface area (Å²) >= 11 is 0. The van der Waals surface area contributed by atoms with E-state index in [-0.39, 0.29) is 0 Å². The first kappa shape index (κ1) is 11.1. The number of hydrogen-bond donors (Lipinski definition) is 1. The van der Waals surface area contributed by atoms with Crippen molar-refractivity contribution in [2.75, 3.05) is 13.2 Å². The highest BCUT2D eigenvalue weighted by atomic mass is 16.5. The number of hydrogen-bond acceptors (Lipinski definition) is 2. The van der Waals surface area contributed by atoms with Gasteiger partial charge in [-0.05, 0) is 38.1 Å². The number of benzene rings is 1. The van der Waals surface area contributed by atoms with Gasteiger partial charge in [-0.3, -0.25) is 0 Å². The van der Waals surface area contributed by atoms with Gasteiger partial charge >= 0.3 is 0 Å². The molecule has 2 nitrogen and oxygen atoms in total. The minimum atomic E-state index is 0.403. The van der Waals surface area contributed by atoms with E-state index >= 15 is 0 Å². The van der Waals surface area contributed by atoms with Gasteiger partial charge in [0.2, 0.25) is 0 Å². The molecule has 0 radical (unpaired) electrons. The maximum atomic E-state index is 5.64. The second kappa shape index (κ2) is 5.66. The zero-order valence-electron chi connectivity index (χ0n) is 9.21. The van der Waals surface area contributed by atoms with E-state index in [1.165, 1.54) is 5.56 Å². The third-order valence-electron chi connectivity index (χ3n) is 2.04. The Bertz CT molecular complexity index is 273. The van der Waals surface area contributed by atoms with Crippen molar-refractivity contribution in [3.05, 3.63) is 29.8 Å². The molecule has 0 aliphatic rings. The first-order valence-corrected chi connectivity index (χ1v) is 5.15. The number of rotatable bonds is 5. The van der Waals surface area contributed by atoms with E-state index in [0.29, 0.717) is 6.04 Å². The van der Waals surface area contributed by atoms with Gasteiger partial charge in [-0.25, -0.2) is 0 Å². The third kappa shape index (κ3) is 3.79. The van der Waals surface area contributed by atoms with Crippen LogP contribution in [0.1, 0.15) is 19.4 Å². The molecule has 0 aliphatic heterocycles. The van der Waals surface area contributed by atoms with Crippen molar-refractivity contribution in [3.8, 4) is 5.75 Å². The summed E-state index contributed by atoms with van der Waals surface area (Å²) in [6.07, 6.45) is 0. The maximum absolute atomic E-state index is 5.64. The summed E-state index contributed by atoms with van der Waals surface area (Å²) < 4.78 is 5.64. The number of aryl methyl sites for hydroxylation is 1. The molecular weight excluding hydrogens is 174 g/mol. The van der Waals surface area contributed by atoms with Crippen LogP contribution in [0.3, 0.4) is 0 Å². The van der Waals surface area contributed by atoms with Crippen LogP contribution < -0.4 is 10.1 Å². The Morgan fingerprint density at radius 2 is 2.21 bits per heavy atom. The first-order chi connectivity index (χ1) is 6.72. The number of likely N-dealkylation sites (N-methyl/N-ethyl adjacent to an activating group) is 1. The van der Waals surface area contributed by atoms with Crippen molar-refractivity contribution in [2.24, 2.45) is 0 Å². The summed E-state index contributed by atoms with van der Waals surface area (Å²) in [4.78, 5) is 0. The summed E-state index contributed by atoms with van der Waals surface area (Å²) in [5, 5.41) is 3.31. The molecule has 1 N–H and O–H groups in total. The molecule has 1 aromatic carbocycles. The van der Waals surface area contributed by atoms with Crippen LogP contribution in [0.4, 0.5) is 0 Å². The van der Waals surface area contributed by atoms with Crippen molar-refractivity contribution in [1.29, 1.82) is 0 Å². The smallest absolute Gasteiger partial charge is 0.119 e. The van der Waals surface area contributed by atoms with E-state index in [2.05, 4.69) is 38.2 Å². The number of nitrogens with one attached hydrogen (secondary N) is 1. The molecule has 0 bridgehead atoms. The van der Waals surface area contributed by atoms with Crippen LogP contribution in [0.2, 0.25) is 0 Å². The SMILES string of the molecule is CCNC(C)COc1cccc(C)c1. The average Bonchev–Trinajstić information content (AvgIpc) is 2.15. The first-order valence-electron chi connectivity index (χ1n) is 5.15. The summed E-state index contributed by atoms with van der Waals surface area (Å²) in [5.41, 5.74) is 1.23. The van der Waals surface area contributed by atoms with Gasteiger partial charge in [0.05, 0.1) is 0 Å². The molecule has 1 unspecified atom stereocenters. The molecule has 0 amide bonds. The van der Waals surface area contributed by atoms with E-state index in [1.807, 2.05) is 12.1 Å². The fourth-order valence-corrected chi connectivity index (χ4v) is 1.33. The Morgan fingerprint density at radius 3 is 2.86 bits per heavy atom. The predicted octanol–water partition coefficient (Wildman–Crippen LogP) is 2.37. The van der Waals surface area contributed by atoms with E-state index in [9.17, 15) is 0 Å². The third-order valence-corrected chi connectivity index (χ3v) is 2.04. The lowest BCUT2D eigenvalue weighted by molar-refractivity contribution is 0.275. The van der Waals surface area contributed by atoms with Crippen molar-refractivity contribution in [1.82, 2.24) is 5.32 Å². The summed E-state index contributed by atoms with van der Waals surface area (Å²) in [6, 6.07) is 8.54. The van der Waals surface area contributed by atoms with E-state index in [0.717, 1.165) is 18.9 Å². The van der Waals surface area contributed by atoms with Crippen molar-refractivity contribution >= 4 is 0 Å². The van der Waals surface area contributed by atoms with E-state index in [1.54, 1.807) is 0 Å². The fourth-order valence-electron chi connectivity index (χ4n) is 1.33. The average molecular weight is 193 g/mol. The van der Waals surface area contributed by atoms with Crippen LogP contribution >= 0.6 is 0 Å². The lowest BCUT2D eigenvalue weighted by atomic mass is 10.2. The molecular formula is C12H19NO. The van der Waals surface area contributed by atoms with Gasteiger partial charge in [-0.2, -0.15) is 0 Å². The predicted molar refractivity (Wildman–Crippen MR) is 59.8 cm³/mol. The Hall–Kier alpha value is -1.02. The monoisotopic (exact) mass is 193 g/mol. The van der Waals surface area contributed by atoms with Crippen LogP contribution in [0, 0.1) is 6.92 Å². The highest BCUT2D eigenvalue weighted by Gasteiger charge is 2.00. The standard InChI is InChI=1S/C12H19NO/c1-4-13-11(3)9-14-12-7-5-6-10(2)8-12/h5-8,11,13H,4,9H2,1-3H3. The molecule has 0 fully saturated rings. The lowest BCUT2D eigenvalue weighted by Gasteiger charge is -2.13. The topological polar surface area (TPSA) is 21.3 Å². The molecule has 1 atom stereocenters. The van der Waals surface area contributed by atoms with Crippen LogP contribution in [0.15, 0.2) is 24.3 Å². The highest BCUT2D eigenvalue weighted by molar-refractivity contribution is 5.27. The Labute approximate surface area is 86.3 Å². The van der Waals surface area contributed by atoms with Gasteiger partial charge in [-0.1, -0.05) is 19.1 Å². The molecule has 0 spiro atoms. The van der Waals surface area contributed by atoms with Gasteiger partial charge in [-0.15, -0.1) is 0 Å². The van der Waals surface area contributed by atoms with Gasteiger partial charge in [0.15, 0.2) is 0 Å². The van der Waals surface area contributed by atoms with E-state index in [4.69, 9.17) is 4.74 Å². The molecule has 2 heteroatoms. The lowest BCUT2D eigenvalue weighted by Crippen LogP contribution is -2.31. The zero-order valence-corrected chi connectivity index (χ0v) is 9.21. The molecule has 1 aromatic rings. The molecule has 0 heterocycles. The fraction of sp³-hybridized carbons (Fsp3) is 0.500. The quantitative estimate of drug-likeness (QED) is 0.775. The van der Waals surface area contributed by atoms with Gasteiger partial charge in [0, 0.05) is 6.04 Å². The van der Waals surface area contributed by atoms with Crippen molar-refractivity contribution in [2.45, 2.75) is 26.8 Å². The minimum absolute atomic E-state index is 0.403. The summed E-state index contributed by atoms with van der Waals surface area (Å²) in [5.74, 6) is 0.953. The van der Waals surface area contributed by atoms with Gasteiger partial charge in [0.1, 0.15) is 12.4 Å². The second-order valence-electron chi connectivity index (χ2n) is 3.59. The highest BCUT2D eigenvalue weighted by Crippen LogP contribution is 2.12. The van der Waals surface area contributed by atoms with Gasteiger partial charge < -0.3 is 10.1 Å². The summed E-state index contributed by atoms with van der Waals surface area (Å²) in [7, 11) is 0. The minimum Gasteiger partial charge on any atom is -0.492 e. The van der Waals surface area contributed by atoms with E-state index < -0.39 is 0 Å². The molecule has 0 saturated heterocycles. The molecule has 1 rings (SSSR count). The molecule has 0 saturated carbocycles. The van der Waals surface area contributed by atoms with Crippen LogP contribution in [-0.4, -0.2) is 19.2 Å². The molecule has 0 aliphatic carbocycles. The van der Waals surface area contributed by atoms with Crippen LogP contribution in [0.5, 0.6) is 5.75 Å². The van der Waals surface area contributed by atoms with Gasteiger partial charge in [0.25, 0.3) is 0 Å². The molecule has 78 valence electrons. The van der Waals surface area contributed by atoms with Crippen LogP contribution in [-0.2, 0) is 0 Å². The normalized spacial score (nSPS) is 12.5. The number of ether oxygens (including phenoxy) is 1. The Balaban J connectivity index is 2.37. The van der Waals surface area contributed by atoms with Crippen LogP contribution in [0.25, 0.3) is 0 Å². The van der Waals surface area contributed by atoms with Crippen molar-refractivity contribution in [3.63, 3.8) is 0 Å².